The number of methoxy groups -OCH3 is 1. The molecule has 0 aromatic carbocycles. The van der Waals surface area contributed by atoms with Crippen LogP contribution in [0.1, 0.15) is 20.3 Å². The van der Waals surface area contributed by atoms with Gasteiger partial charge in [0.25, 0.3) is 0 Å². The van der Waals surface area contributed by atoms with Crippen LogP contribution in [0.25, 0.3) is 0 Å². The van der Waals surface area contributed by atoms with Gasteiger partial charge >= 0.3 is 6.09 Å². The molecule has 0 radical (unpaired) electrons. The molecule has 0 spiro atoms. The van der Waals surface area contributed by atoms with Crippen molar-refractivity contribution in [1.29, 1.82) is 0 Å². The quantitative estimate of drug-likeness (QED) is 0.681. The third kappa shape index (κ3) is 5.97. The number of hydrogen-bond donors (Lipinski definition) is 1. The van der Waals surface area contributed by atoms with Gasteiger partial charge in [-0.05, 0) is 11.8 Å². The molecule has 0 bridgehead atoms. The summed E-state index contributed by atoms with van der Waals surface area (Å²) in [6.07, 6.45) is 0.0345. The minimum atomic E-state index is -0.719. The zero-order chi connectivity index (χ0) is 9.61. The molecule has 72 valence electrons. The van der Waals surface area contributed by atoms with E-state index in [1.54, 1.807) is 7.11 Å². The Morgan fingerprint density at radius 3 is 2.50 bits per heavy atom. The van der Waals surface area contributed by atoms with Gasteiger partial charge in [0, 0.05) is 7.11 Å². The summed E-state index contributed by atoms with van der Waals surface area (Å²) < 4.78 is 9.60. The molecule has 0 aliphatic rings. The summed E-state index contributed by atoms with van der Waals surface area (Å²) in [4.78, 5) is 10.2. The van der Waals surface area contributed by atoms with Crippen LogP contribution in [-0.2, 0) is 9.47 Å². The largest absolute Gasteiger partial charge is 0.450 e. The third-order valence-electron chi connectivity index (χ3n) is 1.56. The Balaban J connectivity index is 3.53. The Hall–Kier alpha value is -0.770. The van der Waals surface area contributed by atoms with Gasteiger partial charge in [0.15, 0.2) is 0 Å². The molecule has 12 heavy (non-hydrogen) atoms. The number of carbonyl (C=O) groups excluding carboxylic acids is 1. The van der Waals surface area contributed by atoms with Crippen LogP contribution in [0.2, 0.25) is 0 Å². The molecule has 4 nitrogen and oxygen atoms in total. The second-order valence-corrected chi connectivity index (χ2v) is 3.51. The summed E-state index contributed by atoms with van der Waals surface area (Å²) in [5.41, 5.74) is 4.84. The lowest BCUT2D eigenvalue weighted by atomic mass is 9.91. The van der Waals surface area contributed by atoms with Gasteiger partial charge in [0.05, 0.1) is 13.2 Å². The topological polar surface area (TPSA) is 61.6 Å². The summed E-state index contributed by atoms with van der Waals surface area (Å²) in [5, 5.41) is 0. The van der Waals surface area contributed by atoms with Crippen molar-refractivity contribution in [3.63, 3.8) is 0 Å². The number of rotatable bonds is 5. The van der Waals surface area contributed by atoms with Crippen molar-refractivity contribution >= 4 is 6.09 Å². The maximum absolute atomic E-state index is 10.2. The van der Waals surface area contributed by atoms with Crippen LogP contribution in [0, 0.1) is 5.41 Å². The molecule has 1 amide bonds. The SMILES string of the molecule is COCC(C)(C)CCOC(N)=O. The Bertz CT molecular complexity index is 145. The second-order valence-electron chi connectivity index (χ2n) is 3.51. The van der Waals surface area contributed by atoms with E-state index in [9.17, 15) is 4.79 Å². The lowest BCUT2D eigenvalue weighted by molar-refractivity contribution is 0.0753. The third-order valence-corrected chi connectivity index (χ3v) is 1.56. The van der Waals surface area contributed by atoms with Crippen LogP contribution >= 0.6 is 0 Å². The maximum atomic E-state index is 10.2. The Labute approximate surface area is 73.0 Å². The summed E-state index contributed by atoms with van der Waals surface area (Å²) in [7, 11) is 1.65. The summed E-state index contributed by atoms with van der Waals surface area (Å²) in [6, 6.07) is 0. The molecule has 0 heterocycles. The minimum Gasteiger partial charge on any atom is -0.450 e. The smallest absolute Gasteiger partial charge is 0.404 e. The van der Waals surface area contributed by atoms with Crippen molar-refractivity contribution in [2.24, 2.45) is 11.1 Å². The molecule has 0 aromatic heterocycles. The Morgan fingerprint density at radius 2 is 2.08 bits per heavy atom. The number of primary amides is 1. The van der Waals surface area contributed by atoms with E-state index in [-0.39, 0.29) is 5.41 Å². The second kappa shape index (κ2) is 4.98. The lowest BCUT2D eigenvalue weighted by Crippen LogP contribution is -2.23. The first-order chi connectivity index (χ1) is 5.48. The monoisotopic (exact) mass is 175 g/mol. The minimum absolute atomic E-state index is 0.0319. The number of ether oxygens (including phenoxy) is 2. The highest BCUT2D eigenvalue weighted by molar-refractivity contribution is 5.64. The maximum Gasteiger partial charge on any atom is 0.404 e. The molecule has 0 aromatic rings. The van der Waals surface area contributed by atoms with Crippen molar-refractivity contribution < 1.29 is 14.3 Å². The molecule has 0 atom stereocenters. The van der Waals surface area contributed by atoms with Crippen molar-refractivity contribution in [1.82, 2.24) is 0 Å². The standard InChI is InChI=1S/C8H17NO3/c1-8(2,6-11-3)4-5-12-7(9)10/h4-6H2,1-3H3,(H2,9,10). The Kier molecular flexibility index (Phi) is 4.66. The van der Waals surface area contributed by atoms with Crippen LogP contribution in [0.5, 0.6) is 0 Å². The van der Waals surface area contributed by atoms with Crippen molar-refractivity contribution in [2.45, 2.75) is 20.3 Å². The molecule has 4 heteroatoms. The van der Waals surface area contributed by atoms with E-state index in [1.165, 1.54) is 0 Å². The van der Waals surface area contributed by atoms with Crippen molar-refractivity contribution in [2.75, 3.05) is 20.3 Å². The molecule has 0 fully saturated rings. The summed E-state index contributed by atoms with van der Waals surface area (Å²) >= 11 is 0. The van der Waals surface area contributed by atoms with Crippen LogP contribution in [0.4, 0.5) is 4.79 Å². The van der Waals surface area contributed by atoms with E-state index in [4.69, 9.17) is 10.5 Å². The van der Waals surface area contributed by atoms with Gasteiger partial charge < -0.3 is 15.2 Å². The van der Waals surface area contributed by atoms with E-state index in [1.807, 2.05) is 13.8 Å². The normalized spacial score (nSPS) is 11.2. The van der Waals surface area contributed by atoms with Crippen LogP contribution in [0.15, 0.2) is 0 Å². The van der Waals surface area contributed by atoms with Gasteiger partial charge in [-0.25, -0.2) is 4.79 Å². The average molecular weight is 175 g/mol. The highest BCUT2D eigenvalue weighted by atomic mass is 16.5. The van der Waals surface area contributed by atoms with Gasteiger partial charge in [-0.15, -0.1) is 0 Å². The zero-order valence-electron chi connectivity index (χ0n) is 7.92. The molecule has 0 aliphatic carbocycles. The Morgan fingerprint density at radius 1 is 1.50 bits per heavy atom. The van der Waals surface area contributed by atoms with Crippen molar-refractivity contribution in [3.8, 4) is 0 Å². The molecular formula is C8H17NO3. The van der Waals surface area contributed by atoms with Gasteiger partial charge in [0.2, 0.25) is 0 Å². The van der Waals surface area contributed by atoms with E-state index >= 15 is 0 Å². The number of amides is 1. The molecule has 0 aliphatic heterocycles. The van der Waals surface area contributed by atoms with Crippen LogP contribution in [-0.4, -0.2) is 26.4 Å². The van der Waals surface area contributed by atoms with E-state index < -0.39 is 6.09 Å². The molecule has 2 N–H and O–H groups in total. The lowest BCUT2D eigenvalue weighted by Gasteiger charge is -2.22. The van der Waals surface area contributed by atoms with Crippen LogP contribution in [0.3, 0.4) is 0 Å². The van der Waals surface area contributed by atoms with Crippen molar-refractivity contribution in [3.05, 3.63) is 0 Å². The predicted molar refractivity (Wildman–Crippen MR) is 45.8 cm³/mol. The fraction of sp³-hybridized carbons (Fsp3) is 0.875. The highest BCUT2D eigenvalue weighted by Gasteiger charge is 2.17. The number of hydrogen-bond acceptors (Lipinski definition) is 3. The molecule has 0 rings (SSSR count). The molecule has 0 saturated carbocycles. The first-order valence-corrected chi connectivity index (χ1v) is 3.89. The van der Waals surface area contributed by atoms with Gasteiger partial charge in [-0.1, -0.05) is 13.8 Å². The molecular weight excluding hydrogens is 158 g/mol. The summed E-state index contributed by atoms with van der Waals surface area (Å²) in [6.45, 7) is 5.09. The predicted octanol–water partition coefficient (Wildman–Crippen LogP) is 1.14. The fourth-order valence-corrected chi connectivity index (χ4v) is 0.891. The van der Waals surface area contributed by atoms with E-state index in [0.717, 1.165) is 6.42 Å². The zero-order valence-corrected chi connectivity index (χ0v) is 7.92. The van der Waals surface area contributed by atoms with Crippen LogP contribution < -0.4 is 5.73 Å². The van der Waals surface area contributed by atoms with E-state index in [2.05, 4.69) is 4.74 Å². The van der Waals surface area contributed by atoms with Gasteiger partial charge in [-0.3, -0.25) is 0 Å². The van der Waals surface area contributed by atoms with Gasteiger partial charge in [-0.2, -0.15) is 0 Å². The van der Waals surface area contributed by atoms with Gasteiger partial charge in [0.1, 0.15) is 0 Å². The number of nitrogens with two attached hydrogens (primary N) is 1. The first kappa shape index (κ1) is 11.2. The average Bonchev–Trinajstić information content (AvgIpc) is 1.85. The summed E-state index contributed by atoms with van der Waals surface area (Å²) in [5.74, 6) is 0. The first-order valence-electron chi connectivity index (χ1n) is 3.89. The molecule has 0 saturated heterocycles. The number of carbonyl (C=O) groups is 1. The fourth-order valence-electron chi connectivity index (χ4n) is 0.891. The highest BCUT2D eigenvalue weighted by Crippen LogP contribution is 2.19. The van der Waals surface area contributed by atoms with E-state index in [0.29, 0.717) is 13.2 Å². The molecule has 0 unspecified atom stereocenters.